The van der Waals surface area contributed by atoms with Crippen LogP contribution in [-0.4, -0.2) is 22.6 Å². The lowest BCUT2D eigenvalue weighted by Crippen LogP contribution is -2.07. The molecule has 6 nitrogen and oxygen atoms in total. The highest BCUT2D eigenvalue weighted by atomic mass is 35.5. The number of aromatic nitrogens is 1. The first-order valence-corrected chi connectivity index (χ1v) is 3.94. The highest BCUT2D eigenvalue weighted by Crippen LogP contribution is 2.29. The van der Waals surface area contributed by atoms with E-state index in [2.05, 4.69) is 4.74 Å². The van der Waals surface area contributed by atoms with Crippen LogP contribution in [0.25, 0.3) is 0 Å². The lowest BCUT2D eigenvalue weighted by atomic mass is 10.4. The van der Waals surface area contributed by atoms with Gasteiger partial charge < -0.3 is 9.30 Å². The van der Waals surface area contributed by atoms with Crippen LogP contribution < -0.4 is 0 Å². The summed E-state index contributed by atoms with van der Waals surface area (Å²) >= 11 is 5.63. The number of nitrogens with zero attached hydrogens (tertiary/aromatic N) is 2. The lowest BCUT2D eigenvalue weighted by molar-refractivity contribution is -0.384. The van der Waals surface area contributed by atoms with Gasteiger partial charge in [-0.15, -0.1) is 0 Å². The van der Waals surface area contributed by atoms with E-state index >= 15 is 0 Å². The third-order valence-electron chi connectivity index (χ3n) is 1.68. The fourth-order valence-corrected chi connectivity index (χ4v) is 1.37. The molecule has 0 aliphatic rings. The van der Waals surface area contributed by atoms with Crippen molar-refractivity contribution in [2.75, 3.05) is 7.11 Å². The summed E-state index contributed by atoms with van der Waals surface area (Å²) in [5, 5.41) is 10.2. The molecule has 0 atom stereocenters. The molecule has 76 valence electrons. The largest absolute Gasteiger partial charge is 0.464 e. The van der Waals surface area contributed by atoms with Crippen molar-refractivity contribution in [3.05, 3.63) is 27.0 Å². The molecule has 0 saturated carbocycles. The van der Waals surface area contributed by atoms with Crippen LogP contribution in [0.1, 0.15) is 10.5 Å². The van der Waals surface area contributed by atoms with Gasteiger partial charge in [0.1, 0.15) is 0 Å². The average molecular weight is 219 g/mol. The number of methoxy groups -OCH3 is 1. The first-order valence-electron chi connectivity index (χ1n) is 3.56. The Labute approximate surface area is 84.2 Å². The summed E-state index contributed by atoms with van der Waals surface area (Å²) in [5.74, 6) is -0.703. The van der Waals surface area contributed by atoms with E-state index in [1.165, 1.54) is 18.7 Å². The Morgan fingerprint density at radius 1 is 1.71 bits per heavy atom. The van der Waals surface area contributed by atoms with Crippen molar-refractivity contribution in [3.8, 4) is 0 Å². The fourth-order valence-electron chi connectivity index (χ4n) is 1.04. The Morgan fingerprint density at radius 3 is 2.64 bits per heavy atom. The molecule has 0 amide bonds. The summed E-state index contributed by atoms with van der Waals surface area (Å²) in [5.41, 5.74) is -0.338. The number of halogens is 1. The summed E-state index contributed by atoms with van der Waals surface area (Å²) in [6, 6.07) is 0. The topological polar surface area (TPSA) is 74.4 Å². The summed E-state index contributed by atoms with van der Waals surface area (Å²) in [6.45, 7) is 0. The molecule has 1 aromatic heterocycles. The Kier molecular flexibility index (Phi) is 2.76. The average Bonchev–Trinajstić information content (AvgIpc) is 2.41. The van der Waals surface area contributed by atoms with Crippen LogP contribution in [0.15, 0.2) is 6.20 Å². The molecule has 1 rings (SSSR count). The van der Waals surface area contributed by atoms with Gasteiger partial charge in [0.05, 0.1) is 18.2 Å². The second-order valence-electron chi connectivity index (χ2n) is 2.54. The number of hydrogen-bond donors (Lipinski definition) is 0. The van der Waals surface area contributed by atoms with Crippen LogP contribution in [0.4, 0.5) is 5.69 Å². The van der Waals surface area contributed by atoms with Crippen molar-refractivity contribution >= 4 is 23.3 Å². The molecule has 0 aliphatic carbocycles. The summed E-state index contributed by atoms with van der Waals surface area (Å²) in [4.78, 5) is 20.9. The molecule has 1 aromatic rings. The zero-order valence-electron chi connectivity index (χ0n) is 7.48. The van der Waals surface area contributed by atoms with Crippen molar-refractivity contribution < 1.29 is 14.5 Å². The molecule has 0 bridgehead atoms. The normalized spacial score (nSPS) is 9.93. The minimum Gasteiger partial charge on any atom is -0.464 e. The van der Waals surface area contributed by atoms with Crippen LogP contribution in [0.3, 0.4) is 0 Å². The van der Waals surface area contributed by atoms with Gasteiger partial charge in [-0.3, -0.25) is 10.1 Å². The fraction of sp³-hybridized carbons (Fsp3) is 0.286. The van der Waals surface area contributed by atoms with Crippen LogP contribution >= 0.6 is 11.6 Å². The van der Waals surface area contributed by atoms with E-state index in [-0.39, 0.29) is 16.4 Å². The van der Waals surface area contributed by atoms with E-state index in [1.807, 2.05) is 0 Å². The highest BCUT2D eigenvalue weighted by molar-refractivity contribution is 6.35. The van der Waals surface area contributed by atoms with Gasteiger partial charge >= 0.3 is 11.7 Å². The Balaban J connectivity index is 3.31. The summed E-state index contributed by atoms with van der Waals surface area (Å²) in [6.07, 6.45) is 1.16. The number of carbonyl (C=O) groups is 1. The van der Waals surface area contributed by atoms with Gasteiger partial charge in [0, 0.05) is 7.05 Å². The third-order valence-corrected chi connectivity index (χ3v) is 2.05. The molecule has 7 heteroatoms. The number of ether oxygens (including phenoxy) is 1. The predicted octanol–water partition coefficient (Wildman–Crippen LogP) is 1.37. The van der Waals surface area contributed by atoms with Gasteiger partial charge in [-0.1, -0.05) is 11.6 Å². The van der Waals surface area contributed by atoms with Crippen LogP contribution in [0.5, 0.6) is 0 Å². The zero-order valence-corrected chi connectivity index (χ0v) is 8.24. The lowest BCUT2D eigenvalue weighted by Gasteiger charge is -1.99. The minimum absolute atomic E-state index is 0.0270. The number of carbonyl (C=O) groups excluding carboxylic acids is 1. The zero-order chi connectivity index (χ0) is 10.9. The van der Waals surface area contributed by atoms with E-state index in [9.17, 15) is 14.9 Å². The molecule has 0 fully saturated rings. The van der Waals surface area contributed by atoms with Gasteiger partial charge in [0.15, 0.2) is 10.7 Å². The van der Waals surface area contributed by atoms with E-state index in [4.69, 9.17) is 11.6 Å². The smallest absolute Gasteiger partial charge is 0.356 e. The summed E-state index contributed by atoms with van der Waals surface area (Å²) in [7, 11) is 2.66. The third kappa shape index (κ3) is 1.56. The highest BCUT2D eigenvalue weighted by Gasteiger charge is 2.25. The molecule has 0 radical (unpaired) electrons. The molecule has 0 N–H and O–H groups in total. The maximum Gasteiger partial charge on any atom is 0.356 e. The molecule has 0 unspecified atom stereocenters. The van der Waals surface area contributed by atoms with Crippen LogP contribution in [0, 0.1) is 10.1 Å². The quantitative estimate of drug-likeness (QED) is 0.427. The van der Waals surface area contributed by atoms with Crippen LogP contribution in [-0.2, 0) is 11.8 Å². The molecule has 0 aliphatic heterocycles. The Morgan fingerprint density at radius 2 is 2.29 bits per heavy atom. The Hall–Kier alpha value is -1.56. The number of esters is 1. The van der Waals surface area contributed by atoms with Crippen molar-refractivity contribution in [2.45, 2.75) is 0 Å². The van der Waals surface area contributed by atoms with Crippen molar-refractivity contribution in [2.24, 2.45) is 7.05 Å². The molecular weight excluding hydrogens is 212 g/mol. The van der Waals surface area contributed by atoms with Crippen LogP contribution in [0.2, 0.25) is 5.02 Å². The minimum atomic E-state index is -0.703. The first kappa shape index (κ1) is 10.5. The second-order valence-corrected chi connectivity index (χ2v) is 2.91. The monoisotopic (exact) mass is 218 g/mol. The predicted molar refractivity (Wildman–Crippen MR) is 48.4 cm³/mol. The van der Waals surface area contributed by atoms with Gasteiger partial charge in [0.2, 0.25) is 0 Å². The standard InChI is InChI=1S/C7H7ClN2O4/c1-9-3-4(10(12)13)5(8)6(9)7(11)14-2/h3H,1-2H3. The van der Waals surface area contributed by atoms with E-state index in [1.54, 1.807) is 0 Å². The Bertz CT molecular complexity index is 399. The maximum atomic E-state index is 11.1. The molecular formula is C7H7ClN2O4. The SMILES string of the molecule is COC(=O)c1c(Cl)c([N+](=O)[O-])cn1C. The number of hydrogen-bond acceptors (Lipinski definition) is 4. The number of aryl methyl sites for hydroxylation is 1. The van der Waals surface area contributed by atoms with Gasteiger partial charge in [-0.2, -0.15) is 0 Å². The summed E-state index contributed by atoms with van der Waals surface area (Å²) < 4.78 is 5.68. The maximum absolute atomic E-state index is 11.1. The van der Waals surface area contributed by atoms with Crippen molar-refractivity contribution in [1.29, 1.82) is 0 Å². The van der Waals surface area contributed by atoms with Crippen molar-refractivity contribution in [1.82, 2.24) is 4.57 Å². The van der Waals surface area contributed by atoms with Gasteiger partial charge in [-0.25, -0.2) is 4.79 Å². The van der Waals surface area contributed by atoms with E-state index < -0.39 is 10.9 Å². The van der Waals surface area contributed by atoms with Gasteiger partial charge in [0.25, 0.3) is 0 Å². The molecule has 1 heterocycles. The molecule has 0 saturated heterocycles. The van der Waals surface area contributed by atoms with Gasteiger partial charge in [-0.05, 0) is 0 Å². The van der Waals surface area contributed by atoms with E-state index in [0.717, 1.165) is 6.20 Å². The van der Waals surface area contributed by atoms with E-state index in [0.29, 0.717) is 0 Å². The number of nitro groups is 1. The molecule has 14 heavy (non-hydrogen) atoms. The van der Waals surface area contributed by atoms with Crippen molar-refractivity contribution in [3.63, 3.8) is 0 Å². The second kappa shape index (κ2) is 3.67. The number of rotatable bonds is 2. The molecule has 0 spiro atoms. The first-order chi connectivity index (χ1) is 6.49. The molecule has 0 aromatic carbocycles.